The summed E-state index contributed by atoms with van der Waals surface area (Å²) in [5.74, 6) is 0. The lowest BCUT2D eigenvalue weighted by Crippen LogP contribution is -2.18. The summed E-state index contributed by atoms with van der Waals surface area (Å²) in [6.07, 6.45) is 18.2. The molecule has 0 nitrogen and oxygen atoms in total. The van der Waals surface area contributed by atoms with Crippen molar-refractivity contribution in [2.75, 3.05) is 0 Å². The van der Waals surface area contributed by atoms with Crippen LogP contribution in [0.1, 0.15) is 102 Å². The summed E-state index contributed by atoms with van der Waals surface area (Å²) in [5.41, 5.74) is 7.52. The van der Waals surface area contributed by atoms with Crippen molar-refractivity contribution in [1.82, 2.24) is 0 Å². The Morgan fingerprint density at radius 2 is 1.24 bits per heavy atom. The van der Waals surface area contributed by atoms with Crippen molar-refractivity contribution >= 4 is 13.2 Å². The third-order valence-corrected chi connectivity index (χ3v) is 9.60. The normalized spacial score (nSPS) is 17.4. The van der Waals surface area contributed by atoms with Gasteiger partial charge in [-0.1, -0.05) is 60.1 Å². The monoisotopic (exact) mass is 358 g/mol. The second-order valence-electron chi connectivity index (χ2n) is 8.38. The molecule has 0 saturated heterocycles. The first-order valence-electron chi connectivity index (χ1n) is 11.2. The van der Waals surface area contributed by atoms with E-state index in [-0.39, 0.29) is 7.92 Å². The minimum absolute atomic E-state index is 0.155. The summed E-state index contributed by atoms with van der Waals surface area (Å²) in [6, 6.07) is 5.18. The van der Waals surface area contributed by atoms with Crippen LogP contribution in [0.2, 0.25) is 0 Å². The van der Waals surface area contributed by atoms with Gasteiger partial charge in [-0.3, -0.25) is 0 Å². The molecule has 0 heterocycles. The van der Waals surface area contributed by atoms with Crippen LogP contribution in [0.4, 0.5) is 0 Å². The molecule has 1 heteroatoms. The van der Waals surface area contributed by atoms with E-state index in [4.69, 9.17) is 0 Å². The molecule has 0 bridgehead atoms. The molecule has 2 aliphatic carbocycles. The predicted octanol–water partition coefficient (Wildman–Crippen LogP) is 7.15. The maximum Gasteiger partial charge on any atom is -0.0166 e. The van der Waals surface area contributed by atoms with E-state index in [0.717, 1.165) is 11.3 Å². The van der Waals surface area contributed by atoms with Gasteiger partial charge in [0, 0.05) is 0 Å². The smallest absolute Gasteiger partial charge is 0.0166 e. The molecule has 0 spiro atoms. The van der Waals surface area contributed by atoms with E-state index in [9.17, 15) is 0 Å². The van der Waals surface area contributed by atoms with Crippen LogP contribution in [0, 0.1) is 0 Å². The lowest BCUT2D eigenvalue weighted by atomic mass is 9.91. The van der Waals surface area contributed by atoms with Gasteiger partial charge in [0.25, 0.3) is 0 Å². The highest BCUT2D eigenvalue weighted by atomic mass is 31.1. The van der Waals surface area contributed by atoms with E-state index >= 15 is 0 Å². The zero-order valence-corrected chi connectivity index (χ0v) is 17.8. The highest BCUT2D eigenvalue weighted by molar-refractivity contribution is 7.67. The standard InChI is InChI=1S/C24H39P/c1-4-7-10-19-13-18-24(25(20-14-15-20)21-16-17-21)23(12-9-6-3)22(19)11-8-5-2/h13,18,20-21H,4-12,14-17H2,1-3H3. The van der Waals surface area contributed by atoms with Gasteiger partial charge in [0.15, 0.2) is 0 Å². The van der Waals surface area contributed by atoms with Gasteiger partial charge in [0.1, 0.15) is 0 Å². The summed E-state index contributed by atoms with van der Waals surface area (Å²) in [7, 11) is 0.155. The Hall–Kier alpha value is -0.350. The Labute approximate surface area is 157 Å². The molecule has 2 saturated carbocycles. The Morgan fingerprint density at radius 1 is 0.720 bits per heavy atom. The minimum atomic E-state index is 0.155. The molecule has 0 aromatic heterocycles. The van der Waals surface area contributed by atoms with Crippen molar-refractivity contribution in [2.45, 2.75) is 116 Å². The van der Waals surface area contributed by atoms with Crippen molar-refractivity contribution < 1.29 is 0 Å². The fraction of sp³-hybridized carbons (Fsp3) is 0.750. The zero-order chi connectivity index (χ0) is 17.6. The van der Waals surface area contributed by atoms with Gasteiger partial charge in [0.2, 0.25) is 0 Å². The zero-order valence-electron chi connectivity index (χ0n) is 16.9. The molecular weight excluding hydrogens is 319 g/mol. The molecule has 2 aliphatic rings. The van der Waals surface area contributed by atoms with Crippen molar-refractivity contribution in [2.24, 2.45) is 0 Å². The molecule has 0 amide bonds. The summed E-state index contributed by atoms with van der Waals surface area (Å²) >= 11 is 0. The van der Waals surface area contributed by atoms with Gasteiger partial charge >= 0.3 is 0 Å². The number of benzene rings is 1. The van der Waals surface area contributed by atoms with Crippen LogP contribution in [-0.4, -0.2) is 11.3 Å². The van der Waals surface area contributed by atoms with Gasteiger partial charge in [-0.15, -0.1) is 0 Å². The van der Waals surface area contributed by atoms with Crippen LogP contribution in [-0.2, 0) is 19.3 Å². The molecule has 1 aromatic carbocycles. The predicted molar refractivity (Wildman–Crippen MR) is 115 cm³/mol. The van der Waals surface area contributed by atoms with Gasteiger partial charge in [-0.2, -0.15) is 0 Å². The van der Waals surface area contributed by atoms with E-state index in [1.54, 1.807) is 11.1 Å². The molecule has 140 valence electrons. The maximum atomic E-state index is 2.62. The summed E-state index contributed by atoms with van der Waals surface area (Å²) in [5, 5.41) is 1.86. The van der Waals surface area contributed by atoms with Gasteiger partial charge in [0.05, 0.1) is 0 Å². The molecule has 0 aliphatic heterocycles. The van der Waals surface area contributed by atoms with E-state index in [0.29, 0.717) is 0 Å². The Kier molecular flexibility index (Phi) is 7.41. The molecule has 25 heavy (non-hydrogen) atoms. The number of hydrogen-bond donors (Lipinski definition) is 0. The highest BCUT2D eigenvalue weighted by Crippen LogP contribution is 2.63. The molecule has 0 radical (unpaired) electrons. The first-order chi connectivity index (χ1) is 12.3. The van der Waals surface area contributed by atoms with E-state index < -0.39 is 0 Å². The van der Waals surface area contributed by atoms with Crippen LogP contribution >= 0.6 is 7.92 Å². The fourth-order valence-electron chi connectivity index (χ4n) is 4.27. The average molecular weight is 359 g/mol. The Balaban J connectivity index is 1.96. The summed E-state index contributed by atoms with van der Waals surface area (Å²) in [4.78, 5) is 0. The van der Waals surface area contributed by atoms with Crippen LogP contribution in [0.5, 0.6) is 0 Å². The first kappa shape index (κ1) is 19.4. The summed E-state index contributed by atoms with van der Waals surface area (Å²) < 4.78 is 0. The van der Waals surface area contributed by atoms with Crippen molar-refractivity contribution in [1.29, 1.82) is 0 Å². The molecule has 0 N–H and O–H groups in total. The van der Waals surface area contributed by atoms with Crippen molar-refractivity contribution in [3.05, 3.63) is 28.8 Å². The number of hydrogen-bond acceptors (Lipinski definition) is 0. The molecular formula is C24H39P. The maximum absolute atomic E-state index is 2.62. The third kappa shape index (κ3) is 5.09. The van der Waals surface area contributed by atoms with Gasteiger partial charge in [-0.25, -0.2) is 0 Å². The molecule has 0 atom stereocenters. The SMILES string of the molecule is CCCCc1ccc(P(C2CC2)C2CC2)c(CCCC)c1CCCC. The van der Waals surface area contributed by atoms with Crippen LogP contribution in [0.25, 0.3) is 0 Å². The Bertz CT molecular complexity index is 527. The van der Waals surface area contributed by atoms with E-state index in [1.165, 1.54) is 83.5 Å². The quantitative estimate of drug-likeness (QED) is 0.348. The van der Waals surface area contributed by atoms with Crippen molar-refractivity contribution in [3.63, 3.8) is 0 Å². The Morgan fingerprint density at radius 3 is 1.76 bits per heavy atom. The van der Waals surface area contributed by atoms with Crippen molar-refractivity contribution in [3.8, 4) is 0 Å². The average Bonchev–Trinajstić information content (AvgIpc) is 3.52. The second kappa shape index (κ2) is 9.55. The summed E-state index contributed by atoms with van der Waals surface area (Å²) in [6.45, 7) is 7.04. The largest absolute Gasteiger partial charge is 0.0686 e. The lowest BCUT2D eigenvalue weighted by molar-refractivity contribution is 0.737. The van der Waals surface area contributed by atoms with Crippen LogP contribution in [0.15, 0.2) is 12.1 Å². The van der Waals surface area contributed by atoms with Crippen LogP contribution in [0.3, 0.4) is 0 Å². The van der Waals surface area contributed by atoms with E-state index in [1.807, 2.05) is 10.9 Å². The molecule has 2 fully saturated rings. The van der Waals surface area contributed by atoms with E-state index in [2.05, 4.69) is 32.9 Å². The lowest BCUT2D eigenvalue weighted by Gasteiger charge is -2.25. The van der Waals surface area contributed by atoms with Gasteiger partial charge < -0.3 is 0 Å². The number of aryl methyl sites for hydroxylation is 1. The van der Waals surface area contributed by atoms with Gasteiger partial charge in [-0.05, 0) is 97.5 Å². The number of rotatable bonds is 12. The number of unbranched alkanes of at least 4 members (excludes halogenated alkanes) is 3. The fourth-order valence-corrected chi connectivity index (χ4v) is 7.87. The molecule has 0 unspecified atom stereocenters. The third-order valence-electron chi connectivity index (χ3n) is 6.02. The molecule has 3 rings (SSSR count). The second-order valence-corrected chi connectivity index (χ2v) is 11.1. The first-order valence-corrected chi connectivity index (χ1v) is 12.7. The van der Waals surface area contributed by atoms with Crippen LogP contribution < -0.4 is 5.30 Å². The minimum Gasteiger partial charge on any atom is -0.0686 e. The highest BCUT2D eigenvalue weighted by Gasteiger charge is 2.42. The topological polar surface area (TPSA) is 0 Å². The molecule has 1 aromatic rings.